The lowest BCUT2D eigenvalue weighted by Gasteiger charge is -2.25. The molecule has 0 saturated heterocycles. The number of unbranched alkanes of at least 4 members (excludes halogenated alkanes) is 46. The molecule has 424 valence electrons. The minimum Gasteiger partial charge on any atom is -0.387 e. The normalized spacial score (nSPS) is 13.8. The van der Waals surface area contributed by atoms with Gasteiger partial charge in [-0.3, -0.25) is 13.8 Å². The van der Waals surface area contributed by atoms with E-state index in [1.165, 1.54) is 276 Å². The third-order valence-corrected chi connectivity index (χ3v) is 15.7. The third kappa shape index (κ3) is 56.8. The van der Waals surface area contributed by atoms with E-state index in [0.717, 1.165) is 32.1 Å². The lowest BCUT2D eigenvalue weighted by atomic mass is 10.0. The first-order valence-corrected chi connectivity index (χ1v) is 33.1. The van der Waals surface area contributed by atoms with Gasteiger partial charge in [0.05, 0.1) is 39.9 Å². The maximum atomic E-state index is 13.0. The Balaban J connectivity index is 4.12. The van der Waals surface area contributed by atoms with E-state index in [1.807, 2.05) is 27.2 Å². The Kier molecular flexibility index (Phi) is 53.5. The van der Waals surface area contributed by atoms with E-state index in [4.69, 9.17) is 9.05 Å². The van der Waals surface area contributed by atoms with Gasteiger partial charge in [-0.2, -0.15) is 0 Å². The Morgan fingerprint density at radius 3 is 1.04 bits per heavy atom. The summed E-state index contributed by atoms with van der Waals surface area (Å²) in [5.74, 6) is -0.168. The van der Waals surface area contributed by atoms with Crippen LogP contribution in [0.15, 0.2) is 12.2 Å². The standard InChI is InChI=1S/C62H125N2O6P/c1-6-8-10-12-14-16-18-20-22-24-26-28-30-32-33-35-37-39-41-43-45-47-49-51-53-55-61(65)60(59-70-71(67,68)69-58-57-64(3,4)5)63-62(66)56-54-52-50-48-46-44-42-40-38-36-34-31-29-27-25-23-21-19-17-15-13-11-9-7-2/h53,55,60-61,65H,6-52,54,56-59H2,1-5H3,(H-,63,66,67,68)/p+1/b55-53+. The fourth-order valence-corrected chi connectivity index (χ4v) is 10.5. The van der Waals surface area contributed by atoms with Crippen molar-refractivity contribution in [3.63, 3.8) is 0 Å². The van der Waals surface area contributed by atoms with Crippen LogP contribution in [-0.2, 0) is 18.4 Å². The molecule has 0 aliphatic rings. The molecule has 0 radical (unpaired) electrons. The summed E-state index contributed by atoms with van der Waals surface area (Å²) in [6, 6.07) is -0.843. The van der Waals surface area contributed by atoms with E-state index in [2.05, 4.69) is 19.2 Å². The molecule has 9 heteroatoms. The molecule has 3 N–H and O–H groups in total. The van der Waals surface area contributed by atoms with Gasteiger partial charge in [0.1, 0.15) is 13.2 Å². The summed E-state index contributed by atoms with van der Waals surface area (Å²) < 4.78 is 23.8. The van der Waals surface area contributed by atoms with Crippen molar-refractivity contribution in [2.45, 2.75) is 341 Å². The minimum atomic E-state index is -4.35. The van der Waals surface area contributed by atoms with E-state index >= 15 is 0 Å². The van der Waals surface area contributed by atoms with Crippen molar-refractivity contribution in [3.8, 4) is 0 Å². The predicted molar refractivity (Wildman–Crippen MR) is 309 cm³/mol. The zero-order chi connectivity index (χ0) is 52.0. The van der Waals surface area contributed by atoms with E-state index in [9.17, 15) is 19.4 Å². The highest BCUT2D eigenvalue weighted by Crippen LogP contribution is 2.43. The van der Waals surface area contributed by atoms with Crippen LogP contribution in [0.4, 0.5) is 0 Å². The molecule has 3 unspecified atom stereocenters. The minimum absolute atomic E-state index is 0.0654. The fourth-order valence-electron chi connectivity index (χ4n) is 9.81. The Labute approximate surface area is 443 Å². The molecular formula is C62H126N2O6P+. The highest BCUT2D eigenvalue weighted by molar-refractivity contribution is 7.47. The van der Waals surface area contributed by atoms with Gasteiger partial charge in [-0.15, -0.1) is 0 Å². The van der Waals surface area contributed by atoms with Gasteiger partial charge in [0.25, 0.3) is 0 Å². The molecule has 0 bridgehead atoms. The maximum Gasteiger partial charge on any atom is 0.472 e. The molecule has 0 fully saturated rings. The highest BCUT2D eigenvalue weighted by atomic mass is 31.2. The van der Waals surface area contributed by atoms with Crippen LogP contribution in [0.25, 0.3) is 0 Å². The summed E-state index contributed by atoms with van der Waals surface area (Å²) in [5, 5.41) is 14.0. The van der Waals surface area contributed by atoms with Crippen molar-refractivity contribution in [3.05, 3.63) is 12.2 Å². The van der Waals surface area contributed by atoms with Crippen LogP contribution >= 0.6 is 7.82 Å². The van der Waals surface area contributed by atoms with Gasteiger partial charge < -0.3 is 19.8 Å². The Morgan fingerprint density at radius 1 is 0.465 bits per heavy atom. The molecule has 0 heterocycles. The number of likely N-dealkylation sites (N-methyl/N-ethyl adjacent to an activating group) is 1. The number of nitrogens with zero attached hydrogens (tertiary/aromatic N) is 1. The van der Waals surface area contributed by atoms with Crippen LogP contribution in [0, 0.1) is 0 Å². The number of amides is 1. The zero-order valence-electron chi connectivity index (χ0n) is 48.5. The molecule has 0 aromatic rings. The summed E-state index contributed by atoms with van der Waals surface area (Å²) in [7, 11) is 1.59. The number of carbonyl (C=O) groups excluding carboxylic acids is 1. The monoisotopic (exact) mass is 1030 g/mol. The topological polar surface area (TPSA) is 105 Å². The lowest BCUT2D eigenvalue weighted by molar-refractivity contribution is -0.870. The van der Waals surface area contributed by atoms with Gasteiger partial charge in [0, 0.05) is 6.42 Å². The largest absolute Gasteiger partial charge is 0.472 e. The fraction of sp³-hybridized carbons (Fsp3) is 0.952. The van der Waals surface area contributed by atoms with Crippen LogP contribution in [0.5, 0.6) is 0 Å². The number of allylic oxidation sites excluding steroid dienone is 1. The van der Waals surface area contributed by atoms with Gasteiger partial charge in [0.2, 0.25) is 5.91 Å². The molecule has 1 amide bonds. The summed E-state index contributed by atoms with van der Waals surface area (Å²) in [6.45, 7) is 4.88. The molecule has 0 aromatic carbocycles. The smallest absolute Gasteiger partial charge is 0.387 e. The number of nitrogens with one attached hydrogen (secondary N) is 1. The van der Waals surface area contributed by atoms with Gasteiger partial charge in [-0.25, -0.2) is 4.57 Å². The second-order valence-electron chi connectivity index (χ2n) is 23.2. The number of carbonyl (C=O) groups is 1. The average molecular weight is 1030 g/mol. The van der Waals surface area contributed by atoms with E-state index in [0.29, 0.717) is 17.4 Å². The lowest BCUT2D eigenvalue weighted by Crippen LogP contribution is -2.45. The number of rotatable bonds is 59. The SMILES string of the molecule is CCCCCCCCCCCCCCCCCCCCCCCCC/C=C/C(O)C(COP(=O)(O)OCC[N+](C)(C)C)NC(=O)CCCCCCCCCCCCCCCCCCCCCCCCCC. The van der Waals surface area contributed by atoms with E-state index < -0.39 is 20.0 Å². The number of aliphatic hydroxyl groups excluding tert-OH is 1. The second kappa shape index (κ2) is 54.0. The first-order valence-electron chi connectivity index (χ1n) is 31.6. The number of quaternary nitrogens is 1. The molecule has 0 aromatic heterocycles. The van der Waals surface area contributed by atoms with Crippen LogP contribution in [-0.4, -0.2) is 73.4 Å². The molecule has 0 rings (SSSR count). The number of hydrogen-bond acceptors (Lipinski definition) is 5. The average Bonchev–Trinajstić information content (AvgIpc) is 3.33. The van der Waals surface area contributed by atoms with Crippen molar-refractivity contribution < 1.29 is 32.9 Å². The Bertz CT molecular complexity index is 1160. The summed E-state index contributed by atoms with van der Waals surface area (Å²) in [5.41, 5.74) is 0. The molecule has 0 spiro atoms. The second-order valence-corrected chi connectivity index (χ2v) is 24.6. The summed E-state index contributed by atoms with van der Waals surface area (Å²) in [6.07, 6.45) is 67.6. The van der Waals surface area contributed by atoms with Gasteiger partial charge >= 0.3 is 7.82 Å². The van der Waals surface area contributed by atoms with Crippen molar-refractivity contribution in [2.24, 2.45) is 0 Å². The van der Waals surface area contributed by atoms with Gasteiger partial charge in [-0.1, -0.05) is 315 Å². The Hall–Kier alpha value is -0.760. The summed E-state index contributed by atoms with van der Waals surface area (Å²) >= 11 is 0. The van der Waals surface area contributed by atoms with Crippen molar-refractivity contribution in [2.75, 3.05) is 40.9 Å². The van der Waals surface area contributed by atoms with Crippen LogP contribution < -0.4 is 5.32 Å². The van der Waals surface area contributed by atoms with Crippen molar-refractivity contribution in [1.29, 1.82) is 0 Å². The van der Waals surface area contributed by atoms with Crippen molar-refractivity contribution in [1.82, 2.24) is 5.32 Å². The highest BCUT2D eigenvalue weighted by Gasteiger charge is 2.28. The third-order valence-electron chi connectivity index (χ3n) is 14.8. The van der Waals surface area contributed by atoms with Gasteiger partial charge in [0.15, 0.2) is 0 Å². The van der Waals surface area contributed by atoms with Crippen LogP contribution in [0.3, 0.4) is 0 Å². The number of phosphoric ester groups is 1. The predicted octanol–water partition coefficient (Wildman–Crippen LogP) is 19.4. The quantitative estimate of drug-likeness (QED) is 0.0243. The molecule has 8 nitrogen and oxygen atoms in total. The first kappa shape index (κ1) is 70.2. The van der Waals surface area contributed by atoms with Crippen molar-refractivity contribution >= 4 is 13.7 Å². The number of hydrogen-bond donors (Lipinski definition) is 3. The Morgan fingerprint density at radius 2 is 0.746 bits per heavy atom. The zero-order valence-corrected chi connectivity index (χ0v) is 49.4. The van der Waals surface area contributed by atoms with Crippen LogP contribution in [0.1, 0.15) is 328 Å². The maximum absolute atomic E-state index is 13.0. The van der Waals surface area contributed by atoms with Gasteiger partial charge in [-0.05, 0) is 19.3 Å². The number of phosphoric acid groups is 1. The molecule has 0 aliphatic carbocycles. The molecule has 0 aliphatic heterocycles. The summed E-state index contributed by atoms with van der Waals surface area (Å²) in [4.78, 5) is 23.4. The van der Waals surface area contributed by atoms with E-state index in [1.54, 1.807) is 6.08 Å². The molecule has 0 saturated carbocycles. The molecular weight excluding hydrogens is 900 g/mol. The first-order chi connectivity index (χ1) is 34.5. The van der Waals surface area contributed by atoms with E-state index in [-0.39, 0.29) is 19.1 Å². The number of aliphatic hydroxyl groups is 1. The van der Waals surface area contributed by atoms with Crippen LogP contribution in [0.2, 0.25) is 0 Å². The molecule has 71 heavy (non-hydrogen) atoms. The molecule has 3 atom stereocenters.